The Morgan fingerprint density at radius 1 is 1.32 bits per heavy atom. The minimum atomic E-state index is -4.10. The van der Waals surface area contributed by atoms with Crippen molar-refractivity contribution in [3.05, 3.63) is 29.3 Å². The molecule has 0 aliphatic rings. The van der Waals surface area contributed by atoms with E-state index in [4.69, 9.17) is 0 Å². The first kappa shape index (κ1) is 16.0. The van der Waals surface area contributed by atoms with Crippen LogP contribution in [0.5, 0.6) is 0 Å². The molecule has 108 valence electrons. The van der Waals surface area contributed by atoms with Crippen LogP contribution in [0.1, 0.15) is 25.3 Å². The van der Waals surface area contributed by atoms with Gasteiger partial charge in [0.15, 0.2) is 0 Å². The molecule has 7 heteroatoms. The fraction of sp³-hybridized carbons (Fsp3) is 0.500. The molecule has 1 aromatic rings. The first-order chi connectivity index (χ1) is 8.77. The summed E-state index contributed by atoms with van der Waals surface area (Å²) in [4.78, 5) is -0.616. The largest absolute Gasteiger partial charge is 0.392 e. The summed E-state index contributed by atoms with van der Waals surface area (Å²) < 4.78 is 52.3. The Balaban J connectivity index is 2.92. The second kappa shape index (κ2) is 6.40. The molecule has 0 bridgehead atoms. The molecule has 0 spiro atoms. The smallest absolute Gasteiger partial charge is 0.243 e. The van der Waals surface area contributed by atoms with E-state index in [2.05, 4.69) is 4.72 Å². The molecular weight excluding hydrogens is 276 g/mol. The van der Waals surface area contributed by atoms with Crippen LogP contribution >= 0.6 is 0 Å². The molecule has 4 nitrogen and oxygen atoms in total. The number of sulfonamides is 1. The molecule has 19 heavy (non-hydrogen) atoms. The van der Waals surface area contributed by atoms with Gasteiger partial charge in [0, 0.05) is 12.6 Å². The zero-order chi connectivity index (χ0) is 14.6. The maximum Gasteiger partial charge on any atom is 0.243 e. The number of hydrogen-bond acceptors (Lipinski definition) is 3. The predicted octanol–water partition coefficient (Wildman–Crippen LogP) is 1.71. The second-order valence-corrected chi connectivity index (χ2v) is 6.06. The number of aliphatic hydroxyl groups excluding tert-OH is 1. The molecule has 1 atom stereocenters. The van der Waals surface area contributed by atoms with E-state index in [-0.39, 0.29) is 12.1 Å². The summed E-state index contributed by atoms with van der Waals surface area (Å²) in [7, 11) is -4.10. The number of benzene rings is 1. The van der Waals surface area contributed by atoms with Crippen molar-refractivity contribution in [2.75, 3.05) is 6.54 Å². The fourth-order valence-corrected chi connectivity index (χ4v) is 2.77. The summed E-state index contributed by atoms with van der Waals surface area (Å²) in [6.45, 7) is 2.99. The number of aryl methyl sites for hydroxylation is 1. The fourth-order valence-electron chi connectivity index (χ4n) is 1.56. The number of aliphatic hydroxyl groups is 1. The summed E-state index contributed by atoms with van der Waals surface area (Å²) in [5.74, 6) is -1.96. The van der Waals surface area contributed by atoms with Crippen LogP contribution in [-0.4, -0.2) is 26.2 Å². The van der Waals surface area contributed by atoms with Gasteiger partial charge in [-0.05, 0) is 25.0 Å². The van der Waals surface area contributed by atoms with Crippen molar-refractivity contribution in [2.24, 2.45) is 0 Å². The van der Waals surface area contributed by atoms with Gasteiger partial charge < -0.3 is 5.11 Å². The molecule has 1 aromatic carbocycles. The number of halogens is 2. The molecule has 0 aromatic heterocycles. The molecule has 0 aliphatic heterocycles. The van der Waals surface area contributed by atoms with Crippen LogP contribution in [0.2, 0.25) is 0 Å². The Morgan fingerprint density at radius 2 is 1.95 bits per heavy atom. The van der Waals surface area contributed by atoms with E-state index in [1.807, 2.05) is 6.92 Å². The number of hydrogen-bond donors (Lipinski definition) is 2. The van der Waals surface area contributed by atoms with Gasteiger partial charge in [-0.1, -0.05) is 13.3 Å². The van der Waals surface area contributed by atoms with Crippen LogP contribution in [0, 0.1) is 18.6 Å². The third kappa shape index (κ3) is 4.22. The average molecular weight is 293 g/mol. The summed E-state index contributed by atoms with van der Waals surface area (Å²) in [6, 6.07) is 1.46. The van der Waals surface area contributed by atoms with E-state index in [1.54, 1.807) is 0 Å². The van der Waals surface area contributed by atoms with Gasteiger partial charge in [-0.25, -0.2) is 21.9 Å². The van der Waals surface area contributed by atoms with Gasteiger partial charge >= 0.3 is 0 Å². The summed E-state index contributed by atoms with van der Waals surface area (Å²) in [6.07, 6.45) is 0.310. The number of nitrogens with one attached hydrogen (secondary N) is 1. The third-order valence-electron chi connectivity index (χ3n) is 2.63. The summed E-state index contributed by atoms with van der Waals surface area (Å²) in [5.41, 5.74) is 0.0379. The van der Waals surface area contributed by atoms with E-state index < -0.39 is 32.7 Å². The molecule has 0 fully saturated rings. The van der Waals surface area contributed by atoms with Crippen molar-refractivity contribution < 1.29 is 22.3 Å². The normalized spacial score (nSPS) is 13.5. The van der Waals surface area contributed by atoms with Gasteiger partial charge in [0.1, 0.15) is 16.5 Å². The molecule has 0 radical (unpaired) electrons. The van der Waals surface area contributed by atoms with Gasteiger partial charge in [0.05, 0.1) is 6.10 Å². The Morgan fingerprint density at radius 3 is 2.53 bits per heavy atom. The highest BCUT2D eigenvalue weighted by Crippen LogP contribution is 2.18. The lowest BCUT2D eigenvalue weighted by Crippen LogP contribution is -2.32. The van der Waals surface area contributed by atoms with Crippen LogP contribution in [-0.2, 0) is 10.0 Å². The standard InChI is InChI=1S/C12H17F2NO3S/c1-3-4-9(16)7-15-19(17,18)12-5-8(2)10(13)6-11(12)14/h5-6,9,15-16H,3-4,7H2,1-2H3. The molecule has 1 unspecified atom stereocenters. The molecule has 0 aliphatic carbocycles. The molecule has 1 rings (SSSR count). The highest BCUT2D eigenvalue weighted by atomic mass is 32.2. The predicted molar refractivity (Wildman–Crippen MR) is 67.2 cm³/mol. The van der Waals surface area contributed by atoms with E-state index in [0.29, 0.717) is 18.9 Å². The lowest BCUT2D eigenvalue weighted by Gasteiger charge is -2.12. The van der Waals surface area contributed by atoms with Crippen molar-refractivity contribution in [3.8, 4) is 0 Å². The maximum atomic E-state index is 13.5. The van der Waals surface area contributed by atoms with E-state index in [9.17, 15) is 22.3 Å². The van der Waals surface area contributed by atoms with E-state index >= 15 is 0 Å². The molecule has 0 heterocycles. The Labute approximate surface area is 111 Å². The minimum Gasteiger partial charge on any atom is -0.392 e. The quantitative estimate of drug-likeness (QED) is 0.839. The van der Waals surface area contributed by atoms with Crippen LogP contribution < -0.4 is 4.72 Å². The molecule has 0 saturated carbocycles. The van der Waals surface area contributed by atoms with Crippen molar-refractivity contribution in [1.29, 1.82) is 0 Å². The molecular formula is C12H17F2NO3S. The molecule has 0 amide bonds. The highest BCUT2D eigenvalue weighted by Gasteiger charge is 2.21. The van der Waals surface area contributed by atoms with Crippen molar-refractivity contribution in [3.63, 3.8) is 0 Å². The van der Waals surface area contributed by atoms with Gasteiger partial charge in [0.25, 0.3) is 0 Å². The highest BCUT2D eigenvalue weighted by molar-refractivity contribution is 7.89. The van der Waals surface area contributed by atoms with Crippen LogP contribution in [0.25, 0.3) is 0 Å². The zero-order valence-electron chi connectivity index (χ0n) is 10.8. The monoisotopic (exact) mass is 293 g/mol. The molecule has 0 saturated heterocycles. The SMILES string of the molecule is CCCC(O)CNS(=O)(=O)c1cc(C)c(F)cc1F. The van der Waals surface area contributed by atoms with E-state index in [1.165, 1.54) is 6.92 Å². The average Bonchev–Trinajstić information content (AvgIpc) is 2.31. The van der Waals surface area contributed by atoms with Crippen LogP contribution in [0.3, 0.4) is 0 Å². The van der Waals surface area contributed by atoms with Gasteiger partial charge in [-0.2, -0.15) is 0 Å². The molecule has 2 N–H and O–H groups in total. The first-order valence-corrected chi connectivity index (χ1v) is 7.39. The van der Waals surface area contributed by atoms with Gasteiger partial charge in [0.2, 0.25) is 10.0 Å². The summed E-state index contributed by atoms with van der Waals surface area (Å²) >= 11 is 0. The number of rotatable bonds is 6. The first-order valence-electron chi connectivity index (χ1n) is 5.91. The van der Waals surface area contributed by atoms with Crippen LogP contribution in [0.15, 0.2) is 17.0 Å². The van der Waals surface area contributed by atoms with Crippen molar-refractivity contribution >= 4 is 10.0 Å². The van der Waals surface area contributed by atoms with Gasteiger partial charge in [-0.15, -0.1) is 0 Å². The topological polar surface area (TPSA) is 66.4 Å². The summed E-state index contributed by atoms with van der Waals surface area (Å²) in [5, 5.41) is 9.45. The second-order valence-electron chi connectivity index (χ2n) is 4.33. The Bertz CT molecular complexity index is 546. The van der Waals surface area contributed by atoms with Crippen molar-refractivity contribution in [2.45, 2.75) is 37.7 Å². The third-order valence-corrected chi connectivity index (χ3v) is 4.07. The van der Waals surface area contributed by atoms with E-state index in [0.717, 1.165) is 6.07 Å². The maximum absolute atomic E-state index is 13.5. The minimum absolute atomic E-state index is 0.0379. The Kier molecular flexibility index (Phi) is 5.39. The lowest BCUT2D eigenvalue weighted by atomic mass is 10.2. The zero-order valence-corrected chi connectivity index (χ0v) is 11.6. The Hall–Kier alpha value is -1.05. The van der Waals surface area contributed by atoms with Crippen molar-refractivity contribution in [1.82, 2.24) is 4.72 Å². The lowest BCUT2D eigenvalue weighted by molar-refractivity contribution is 0.167. The van der Waals surface area contributed by atoms with Gasteiger partial charge in [-0.3, -0.25) is 0 Å². The van der Waals surface area contributed by atoms with Crippen LogP contribution in [0.4, 0.5) is 8.78 Å².